The van der Waals surface area contributed by atoms with Crippen molar-refractivity contribution in [2.45, 2.75) is 25.1 Å². The first-order valence-electron chi connectivity index (χ1n) is 4.18. The van der Waals surface area contributed by atoms with E-state index >= 15 is 0 Å². The molecule has 0 aliphatic carbocycles. The lowest BCUT2D eigenvalue weighted by molar-refractivity contribution is -0.654. The molecule has 0 bridgehead atoms. The fourth-order valence-corrected chi connectivity index (χ4v) is 1.34. The Bertz CT molecular complexity index is 86.2. The molecule has 0 aromatic rings. The van der Waals surface area contributed by atoms with Crippen molar-refractivity contribution in [1.82, 2.24) is 0 Å². The monoisotopic (exact) mass is 286 g/mol. The van der Waals surface area contributed by atoms with Gasteiger partial charge in [-0.2, -0.15) is 0 Å². The number of rotatable bonds is 6. The molecule has 1 nitrogen and oxygen atoms in total. The zero-order chi connectivity index (χ0) is 8.69. The van der Waals surface area contributed by atoms with Crippen LogP contribution in [0.4, 0.5) is 0 Å². The minimum atomic E-state index is 0.620. The number of nitrogens with two attached hydrogens (primary N) is 1. The maximum Gasteiger partial charge on any atom is 0.0890 e. The van der Waals surface area contributed by atoms with Gasteiger partial charge >= 0.3 is 0 Å². The van der Waals surface area contributed by atoms with Crippen molar-refractivity contribution >= 4 is 31.9 Å². The van der Waals surface area contributed by atoms with Gasteiger partial charge in [-0.25, -0.2) is 0 Å². The number of hydrogen-bond donors (Lipinski definition) is 1. The predicted octanol–water partition coefficient (Wildman–Crippen LogP) is 1.75. The van der Waals surface area contributed by atoms with Crippen LogP contribution < -0.4 is 5.32 Å². The Balaban J connectivity index is 3.01. The van der Waals surface area contributed by atoms with Gasteiger partial charge in [-0.3, -0.25) is 0 Å². The highest BCUT2D eigenvalue weighted by atomic mass is 79.9. The van der Waals surface area contributed by atoms with Crippen LogP contribution in [-0.4, -0.2) is 23.2 Å². The highest BCUT2D eigenvalue weighted by Crippen LogP contribution is 1.99. The summed E-state index contributed by atoms with van der Waals surface area (Å²) < 4.78 is 0. The first-order valence-corrected chi connectivity index (χ1v) is 6.22. The first-order chi connectivity index (χ1) is 5.16. The average Bonchev–Trinajstić information content (AvgIpc) is 1.97. The number of quaternary nitrogens is 1. The molecular formula is C8H18Br2N+. The molecule has 0 saturated heterocycles. The van der Waals surface area contributed by atoms with E-state index in [9.17, 15) is 0 Å². The molecule has 0 rings (SSSR count). The summed E-state index contributed by atoms with van der Waals surface area (Å²) in [6.45, 7) is 6.97. The zero-order valence-electron chi connectivity index (χ0n) is 7.32. The van der Waals surface area contributed by atoms with E-state index in [2.05, 4.69) is 51.0 Å². The molecule has 2 N–H and O–H groups in total. The first kappa shape index (κ1) is 11.9. The third kappa shape index (κ3) is 8.83. The number of alkyl halides is 2. The van der Waals surface area contributed by atoms with Crippen molar-refractivity contribution in [3.05, 3.63) is 0 Å². The van der Waals surface area contributed by atoms with Crippen LogP contribution in [0, 0.1) is 5.92 Å². The van der Waals surface area contributed by atoms with Crippen LogP contribution in [0.25, 0.3) is 0 Å². The second-order valence-electron chi connectivity index (χ2n) is 3.25. The molecule has 0 amide bonds. The summed E-state index contributed by atoms with van der Waals surface area (Å²) in [4.78, 5) is 0.620. The van der Waals surface area contributed by atoms with Gasteiger partial charge in [0, 0.05) is 5.33 Å². The Hall–Kier alpha value is 0.920. The Kier molecular flexibility index (Phi) is 8.20. The minimum Gasteiger partial charge on any atom is -0.345 e. The summed E-state index contributed by atoms with van der Waals surface area (Å²) in [5.74, 6) is 0.837. The van der Waals surface area contributed by atoms with E-state index in [1.165, 1.54) is 19.5 Å². The summed E-state index contributed by atoms with van der Waals surface area (Å²) in [5.41, 5.74) is 0. The summed E-state index contributed by atoms with van der Waals surface area (Å²) in [5, 5.41) is 3.42. The minimum absolute atomic E-state index is 0.620. The fourth-order valence-electron chi connectivity index (χ4n) is 0.813. The van der Waals surface area contributed by atoms with Gasteiger partial charge in [0.1, 0.15) is 0 Å². The molecule has 0 radical (unpaired) electrons. The van der Waals surface area contributed by atoms with Gasteiger partial charge in [0.25, 0.3) is 0 Å². The molecule has 3 heteroatoms. The standard InChI is InChI=1S/C8H17Br2N/c1-7(2)3-4-11-6-8(10)5-9/h7-8,11H,3-6H2,1-2H3/p+1/t8-/m0/s1. The van der Waals surface area contributed by atoms with Crippen LogP contribution >= 0.6 is 31.9 Å². The van der Waals surface area contributed by atoms with Gasteiger partial charge in [0.2, 0.25) is 0 Å². The molecule has 0 aliphatic heterocycles. The molecular weight excluding hydrogens is 270 g/mol. The van der Waals surface area contributed by atoms with E-state index in [1.54, 1.807) is 0 Å². The van der Waals surface area contributed by atoms with Crippen molar-refractivity contribution < 1.29 is 5.32 Å². The summed E-state index contributed by atoms with van der Waals surface area (Å²) >= 11 is 6.99. The van der Waals surface area contributed by atoms with Crippen molar-refractivity contribution in [2.24, 2.45) is 5.92 Å². The molecule has 0 aliphatic rings. The third-order valence-electron chi connectivity index (χ3n) is 1.54. The van der Waals surface area contributed by atoms with Crippen molar-refractivity contribution in [1.29, 1.82) is 0 Å². The highest BCUT2D eigenvalue weighted by Gasteiger charge is 2.03. The van der Waals surface area contributed by atoms with Crippen LogP contribution in [0.15, 0.2) is 0 Å². The summed E-state index contributed by atoms with van der Waals surface area (Å²) in [6, 6.07) is 0. The van der Waals surface area contributed by atoms with Crippen LogP contribution in [-0.2, 0) is 0 Å². The molecule has 0 saturated carbocycles. The Morgan fingerprint density at radius 1 is 1.36 bits per heavy atom. The maximum atomic E-state index is 3.57. The molecule has 0 heterocycles. The molecule has 11 heavy (non-hydrogen) atoms. The smallest absolute Gasteiger partial charge is 0.0890 e. The van der Waals surface area contributed by atoms with Gasteiger partial charge in [0.15, 0.2) is 0 Å². The summed E-state index contributed by atoms with van der Waals surface area (Å²) in [7, 11) is 0. The highest BCUT2D eigenvalue weighted by molar-refractivity contribution is 9.12. The summed E-state index contributed by atoms with van der Waals surface area (Å²) in [6.07, 6.45) is 1.32. The van der Waals surface area contributed by atoms with E-state index in [0.717, 1.165) is 11.2 Å². The quantitative estimate of drug-likeness (QED) is 0.566. The maximum absolute atomic E-state index is 3.57. The normalized spacial score (nSPS) is 13.9. The Morgan fingerprint density at radius 2 is 2.00 bits per heavy atom. The van der Waals surface area contributed by atoms with Crippen LogP contribution in [0.2, 0.25) is 0 Å². The molecule has 0 aromatic heterocycles. The van der Waals surface area contributed by atoms with Crippen molar-refractivity contribution in [3.63, 3.8) is 0 Å². The van der Waals surface area contributed by atoms with Gasteiger partial charge in [-0.05, 0) is 12.3 Å². The lowest BCUT2D eigenvalue weighted by Gasteiger charge is -2.06. The molecule has 1 atom stereocenters. The Morgan fingerprint density at radius 3 is 2.45 bits per heavy atom. The Labute approximate surface area is 86.6 Å². The van der Waals surface area contributed by atoms with Gasteiger partial charge < -0.3 is 5.32 Å². The molecule has 0 fully saturated rings. The lowest BCUT2D eigenvalue weighted by atomic mass is 10.1. The molecule has 0 unspecified atom stereocenters. The van der Waals surface area contributed by atoms with E-state index in [-0.39, 0.29) is 0 Å². The second kappa shape index (κ2) is 7.56. The topological polar surface area (TPSA) is 16.6 Å². The van der Waals surface area contributed by atoms with Crippen LogP contribution in [0.1, 0.15) is 20.3 Å². The fraction of sp³-hybridized carbons (Fsp3) is 1.00. The zero-order valence-corrected chi connectivity index (χ0v) is 10.5. The second-order valence-corrected chi connectivity index (χ2v) is 5.19. The molecule has 0 aromatic carbocycles. The average molecular weight is 288 g/mol. The lowest BCUT2D eigenvalue weighted by Crippen LogP contribution is -2.86. The number of hydrogen-bond acceptors (Lipinski definition) is 0. The molecule has 68 valence electrons. The van der Waals surface area contributed by atoms with Crippen LogP contribution in [0.3, 0.4) is 0 Å². The van der Waals surface area contributed by atoms with E-state index < -0.39 is 0 Å². The van der Waals surface area contributed by atoms with Crippen molar-refractivity contribution in [2.75, 3.05) is 18.4 Å². The van der Waals surface area contributed by atoms with E-state index in [0.29, 0.717) is 4.83 Å². The van der Waals surface area contributed by atoms with Gasteiger partial charge in [-0.15, -0.1) is 0 Å². The van der Waals surface area contributed by atoms with E-state index in [4.69, 9.17) is 0 Å². The van der Waals surface area contributed by atoms with Gasteiger partial charge in [-0.1, -0.05) is 45.7 Å². The van der Waals surface area contributed by atoms with Crippen LogP contribution in [0.5, 0.6) is 0 Å². The molecule has 0 spiro atoms. The van der Waals surface area contributed by atoms with E-state index in [1.807, 2.05) is 0 Å². The number of halogens is 2. The predicted molar refractivity (Wildman–Crippen MR) is 57.6 cm³/mol. The van der Waals surface area contributed by atoms with Gasteiger partial charge in [0.05, 0.1) is 17.9 Å². The van der Waals surface area contributed by atoms with Crippen molar-refractivity contribution in [3.8, 4) is 0 Å². The SMILES string of the molecule is CC(C)CC[NH2+]C[C@@H](Br)CBr. The third-order valence-corrected chi connectivity index (χ3v) is 3.89. The largest absolute Gasteiger partial charge is 0.345 e.